The Hall–Kier alpha value is -3.48. The smallest absolute Gasteiger partial charge is 0.338 e. The van der Waals surface area contributed by atoms with Gasteiger partial charge in [0, 0.05) is 12.3 Å². The van der Waals surface area contributed by atoms with Crippen molar-refractivity contribution in [2.24, 2.45) is 11.3 Å². The van der Waals surface area contributed by atoms with E-state index in [0.717, 1.165) is 10.4 Å². The summed E-state index contributed by atoms with van der Waals surface area (Å²) in [6.07, 6.45) is -1.08. The van der Waals surface area contributed by atoms with Gasteiger partial charge >= 0.3 is 5.97 Å². The lowest BCUT2D eigenvalue weighted by Gasteiger charge is -2.40. The number of carbonyl (C=O) groups excluding carboxylic acids is 2. The van der Waals surface area contributed by atoms with Gasteiger partial charge in [-0.1, -0.05) is 106 Å². The van der Waals surface area contributed by atoms with Crippen LogP contribution in [0.1, 0.15) is 37.6 Å². The molecule has 1 aliphatic rings. The molecule has 4 atom stereocenters. The van der Waals surface area contributed by atoms with Gasteiger partial charge in [-0.05, 0) is 33.5 Å². The Labute approximate surface area is 220 Å². The number of benzene rings is 3. The number of rotatable bonds is 9. The fourth-order valence-corrected chi connectivity index (χ4v) is 7.76. The standard InChI is InChI=1S/C31H34O5Si/c1-22-26(34-21-32)20-27(35-30(33)23-14-8-5-9-15-23)28(22)29(31(2,3)4)36-37(24-16-10-6-11-17-24)25-18-12-7-13-19-25/h5-19,21,26-29,37H,1,20H2,2-4H3. The van der Waals surface area contributed by atoms with Crippen LogP contribution < -0.4 is 10.4 Å². The first-order valence-electron chi connectivity index (χ1n) is 12.6. The first-order chi connectivity index (χ1) is 17.8. The van der Waals surface area contributed by atoms with E-state index in [4.69, 9.17) is 13.9 Å². The molecule has 192 valence electrons. The fraction of sp³-hybridized carbons (Fsp3) is 0.290. The molecule has 0 heterocycles. The number of carbonyl (C=O) groups is 2. The molecule has 3 aromatic carbocycles. The Morgan fingerprint density at radius 1 is 0.919 bits per heavy atom. The van der Waals surface area contributed by atoms with Crippen LogP contribution in [0.15, 0.2) is 103 Å². The summed E-state index contributed by atoms with van der Waals surface area (Å²) in [6, 6.07) is 29.5. The molecule has 0 saturated heterocycles. The first-order valence-corrected chi connectivity index (χ1v) is 14.2. The van der Waals surface area contributed by atoms with E-state index in [2.05, 4.69) is 51.6 Å². The summed E-state index contributed by atoms with van der Waals surface area (Å²) < 4.78 is 18.6. The number of ether oxygens (including phenoxy) is 2. The van der Waals surface area contributed by atoms with Gasteiger partial charge in [0.15, 0.2) is 0 Å². The van der Waals surface area contributed by atoms with Crippen molar-refractivity contribution in [3.05, 3.63) is 109 Å². The minimum Gasteiger partial charge on any atom is -0.460 e. The quantitative estimate of drug-likeness (QED) is 0.184. The SMILES string of the molecule is C=C1C(OC=O)CC(OC(=O)c2ccccc2)C1C(O[SiH](c1ccccc1)c1ccccc1)C(C)(C)C. The second kappa shape index (κ2) is 11.7. The van der Waals surface area contributed by atoms with Crippen LogP contribution in [0.3, 0.4) is 0 Å². The minimum atomic E-state index is -2.14. The highest BCUT2D eigenvalue weighted by atomic mass is 28.3. The Morgan fingerprint density at radius 2 is 1.43 bits per heavy atom. The van der Waals surface area contributed by atoms with Crippen molar-refractivity contribution in [2.45, 2.75) is 45.5 Å². The van der Waals surface area contributed by atoms with Crippen LogP contribution >= 0.6 is 0 Å². The van der Waals surface area contributed by atoms with Crippen molar-refractivity contribution < 1.29 is 23.5 Å². The molecule has 0 spiro atoms. The van der Waals surface area contributed by atoms with Gasteiger partial charge in [-0.15, -0.1) is 0 Å². The molecule has 4 unspecified atom stereocenters. The third kappa shape index (κ3) is 6.27. The highest BCUT2D eigenvalue weighted by Crippen LogP contribution is 2.43. The van der Waals surface area contributed by atoms with E-state index in [1.807, 2.05) is 42.5 Å². The third-order valence-electron chi connectivity index (χ3n) is 6.84. The van der Waals surface area contributed by atoms with Gasteiger partial charge in [0.25, 0.3) is 6.47 Å². The summed E-state index contributed by atoms with van der Waals surface area (Å²) in [5, 5.41) is 2.31. The van der Waals surface area contributed by atoms with E-state index < -0.39 is 27.2 Å². The molecule has 1 aliphatic carbocycles. The zero-order valence-electron chi connectivity index (χ0n) is 21.6. The molecule has 37 heavy (non-hydrogen) atoms. The van der Waals surface area contributed by atoms with E-state index in [0.29, 0.717) is 24.0 Å². The Kier molecular flexibility index (Phi) is 8.41. The van der Waals surface area contributed by atoms with Crippen molar-refractivity contribution in [2.75, 3.05) is 0 Å². The van der Waals surface area contributed by atoms with Crippen molar-refractivity contribution in [1.29, 1.82) is 0 Å². The van der Waals surface area contributed by atoms with Crippen LogP contribution in [0, 0.1) is 11.3 Å². The summed E-state index contributed by atoms with van der Waals surface area (Å²) >= 11 is 0. The lowest BCUT2D eigenvalue weighted by molar-refractivity contribution is -0.132. The van der Waals surface area contributed by atoms with Gasteiger partial charge in [0.1, 0.15) is 12.2 Å². The van der Waals surface area contributed by atoms with Crippen LogP contribution in [-0.2, 0) is 18.7 Å². The molecule has 0 aromatic heterocycles. The fourth-order valence-electron chi connectivity index (χ4n) is 5.04. The van der Waals surface area contributed by atoms with E-state index in [1.165, 1.54) is 0 Å². The van der Waals surface area contributed by atoms with Crippen molar-refractivity contribution in [3.63, 3.8) is 0 Å². The van der Waals surface area contributed by atoms with Gasteiger partial charge in [-0.3, -0.25) is 4.79 Å². The predicted molar refractivity (Wildman–Crippen MR) is 147 cm³/mol. The van der Waals surface area contributed by atoms with Gasteiger partial charge < -0.3 is 13.9 Å². The monoisotopic (exact) mass is 514 g/mol. The molecule has 5 nitrogen and oxygen atoms in total. The summed E-state index contributed by atoms with van der Waals surface area (Å²) in [5.41, 5.74) is 0.864. The molecule has 4 rings (SSSR count). The van der Waals surface area contributed by atoms with Gasteiger partial charge in [-0.25, -0.2) is 4.79 Å². The maximum absolute atomic E-state index is 13.1. The van der Waals surface area contributed by atoms with Crippen LogP contribution in [0.5, 0.6) is 0 Å². The lowest BCUT2D eigenvalue weighted by Crippen LogP contribution is -2.53. The maximum Gasteiger partial charge on any atom is 0.338 e. The van der Waals surface area contributed by atoms with Crippen LogP contribution in [0.2, 0.25) is 0 Å². The molecule has 0 aliphatic heterocycles. The average Bonchev–Trinajstić information content (AvgIpc) is 3.19. The topological polar surface area (TPSA) is 61.8 Å². The zero-order valence-corrected chi connectivity index (χ0v) is 22.7. The molecular weight excluding hydrogens is 480 g/mol. The van der Waals surface area contributed by atoms with Crippen LogP contribution in [-0.4, -0.2) is 39.8 Å². The largest absolute Gasteiger partial charge is 0.460 e. The number of esters is 1. The molecule has 0 bridgehead atoms. The highest BCUT2D eigenvalue weighted by Gasteiger charge is 2.50. The maximum atomic E-state index is 13.1. The Balaban J connectivity index is 1.71. The van der Waals surface area contributed by atoms with Crippen molar-refractivity contribution >= 4 is 31.9 Å². The lowest BCUT2D eigenvalue weighted by atomic mass is 9.78. The summed E-state index contributed by atoms with van der Waals surface area (Å²) in [4.78, 5) is 24.3. The normalized spacial score (nSPS) is 20.4. The van der Waals surface area contributed by atoms with Crippen molar-refractivity contribution in [1.82, 2.24) is 0 Å². The van der Waals surface area contributed by atoms with E-state index in [1.54, 1.807) is 24.3 Å². The van der Waals surface area contributed by atoms with E-state index >= 15 is 0 Å². The Bertz CT molecular complexity index is 1150. The van der Waals surface area contributed by atoms with E-state index in [-0.39, 0.29) is 17.4 Å². The first kappa shape index (κ1) is 26.6. The Morgan fingerprint density at radius 3 is 1.92 bits per heavy atom. The molecule has 0 amide bonds. The van der Waals surface area contributed by atoms with Gasteiger partial charge in [0.2, 0.25) is 9.04 Å². The summed E-state index contributed by atoms with van der Waals surface area (Å²) in [7, 11) is -2.14. The van der Waals surface area contributed by atoms with Crippen molar-refractivity contribution in [3.8, 4) is 0 Å². The third-order valence-corrected chi connectivity index (χ3v) is 9.39. The molecular formula is C31H34O5Si. The molecule has 0 radical (unpaired) electrons. The molecule has 1 saturated carbocycles. The van der Waals surface area contributed by atoms with Gasteiger partial charge in [-0.2, -0.15) is 0 Å². The van der Waals surface area contributed by atoms with Crippen LogP contribution in [0.4, 0.5) is 0 Å². The predicted octanol–water partition coefficient (Wildman–Crippen LogP) is 4.30. The minimum absolute atomic E-state index is 0.324. The zero-order chi connectivity index (χ0) is 26.4. The van der Waals surface area contributed by atoms with Crippen LogP contribution in [0.25, 0.3) is 0 Å². The molecule has 6 heteroatoms. The molecule has 3 aromatic rings. The molecule has 0 N–H and O–H groups in total. The molecule has 1 fully saturated rings. The second-order valence-corrected chi connectivity index (χ2v) is 12.9. The second-order valence-electron chi connectivity index (χ2n) is 10.5. The highest BCUT2D eigenvalue weighted by molar-refractivity contribution is 6.80. The summed E-state index contributed by atoms with van der Waals surface area (Å²) in [5.74, 6) is -0.761. The number of hydrogen-bond acceptors (Lipinski definition) is 5. The van der Waals surface area contributed by atoms with Gasteiger partial charge in [0.05, 0.1) is 11.7 Å². The summed E-state index contributed by atoms with van der Waals surface area (Å²) in [6.45, 7) is 11.1. The van der Waals surface area contributed by atoms with E-state index in [9.17, 15) is 9.59 Å². The average molecular weight is 515 g/mol. The number of hydrogen-bond donors (Lipinski definition) is 0.